The summed E-state index contributed by atoms with van der Waals surface area (Å²) in [7, 11) is 1.70. The quantitative estimate of drug-likeness (QED) is 0.774. The Hall–Kier alpha value is -1.69. The van der Waals surface area contributed by atoms with Gasteiger partial charge in [0.2, 0.25) is 5.91 Å². The molecule has 0 N–H and O–H groups in total. The number of carbonyl (C=O) groups is 1. The standard InChI is InChI=1S/C19H24N2O2S/c1-23-11-10-20(13-16-5-3-2-4-6-16)15-19(22)21-9-7-18-17(14-21)8-12-24-18/h2-6,8,12H,7,9-11,13-15H2,1H3. The number of methoxy groups -OCH3 is 1. The molecular formula is C19H24N2O2S. The van der Waals surface area contributed by atoms with Crippen molar-refractivity contribution in [2.75, 3.05) is 33.4 Å². The number of hydrogen-bond donors (Lipinski definition) is 0. The van der Waals surface area contributed by atoms with Gasteiger partial charge in [-0.25, -0.2) is 0 Å². The first-order chi connectivity index (χ1) is 11.8. The number of nitrogens with zero attached hydrogens (tertiary/aromatic N) is 2. The fourth-order valence-corrected chi connectivity index (χ4v) is 3.92. The Morgan fingerprint density at radius 2 is 2.12 bits per heavy atom. The predicted molar refractivity (Wildman–Crippen MR) is 97.0 cm³/mol. The highest BCUT2D eigenvalue weighted by molar-refractivity contribution is 7.10. The second-order valence-corrected chi connectivity index (χ2v) is 7.12. The van der Waals surface area contributed by atoms with Gasteiger partial charge in [-0.2, -0.15) is 0 Å². The van der Waals surface area contributed by atoms with Gasteiger partial charge in [0.15, 0.2) is 0 Å². The maximum atomic E-state index is 12.7. The van der Waals surface area contributed by atoms with Crippen molar-refractivity contribution < 1.29 is 9.53 Å². The third kappa shape index (κ3) is 4.44. The lowest BCUT2D eigenvalue weighted by Crippen LogP contribution is -2.43. The molecule has 1 aromatic carbocycles. The number of thiophene rings is 1. The van der Waals surface area contributed by atoms with Gasteiger partial charge in [-0.1, -0.05) is 30.3 Å². The molecule has 1 amide bonds. The van der Waals surface area contributed by atoms with Crippen LogP contribution in [0.4, 0.5) is 0 Å². The zero-order valence-corrected chi connectivity index (χ0v) is 14.9. The molecule has 0 bridgehead atoms. The van der Waals surface area contributed by atoms with Crippen LogP contribution < -0.4 is 0 Å². The van der Waals surface area contributed by atoms with Gasteiger partial charge in [0.1, 0.15) is 0 Å². The lowest BCUT2D eigenvalue weighted by atomic mass is 10.1. The molecule has 2 heterocycles. The largest absolute Gasteiger partial charge is 0.383 e. The van der Waals surface area contributed by atoms with Gasteiger partial charge in [-0.3, -0.25) is 9.69 Å². The van der Waals surface area contributed by atoms with E-state index in [1.165, 1.54) is 16.0 Å². The zero-order valence-electron chi connectivity index (χ0n) is 14.1. The molecule has 128 valence electrons. The molecule has 4 nitrogen and oxygen atoms in total. The van der Waals surface area contributed by atoms with E-state index in [0.717, 1.165) is 32.6 Å². The number of carbonyl (C=O) groups excluding carboxylic acids is 1. The van der Waals surface area contributed by atoms with E-state index in [1.807, 2.05) is 23.1 Å². The molecule has 3 rings (SSSR count). The summed E-state index contributed by atoms with van der Waals surface area (Å²) in [6.07, 6.45) is 0.982. The monoisotopic (exact) mass is 344 g/mol. The van der Waals surface area contributed by atoms with E-state index >= 15 is 0 Å². The first kappa shape index (κ1) is 17.1. The van der Waals surface area contributed by atoms with Crippen LogP contribution in [0.25, 0.3) is 0 Å². The van der Waals surface area contributed by atoms with Gasteiger partial charge < -0.3 is 9.64 Å². The van der Waals surface area contributed by atoms with Crippen LogP contribution in [0, 0.1) is 0 Å². The molecule has 0 saturated carbocycles. The second kappa shape index (κ2) is 8.42. The van der Waals surface area contributed by atoms with Gasteiger partial charge in [-0.15, -0.1) is 11.3 Å². The van der Waals surface area contributed by atoms with Crippen molar-refractivity contribution in [1.82, 2.24) is 9.80 Å². The highest BCUT2D eigenvalue weighted by Crippen LogP contribution is 2.24. The average Bonchev–Trinajstić information content (AvgIpc) is 3.08. The minimum absolute atomic E-state index is 0.207. The van der Waals surface area contributed by atoms with Crippen LogP contribution in [-0.2, 0) is 29.0 Å². The van der Waals surface area contributed by atoms with Crippen molar-refractivity contribution in [3.8, 4) is 0 Å². The lowest BCUT2D eigenvalue weighted by molar-refractivity contribution is -0.133. The Balaban J connectivity index is 1.60. The molecule has 24 heavy (non-hydrogen) atoms. The van der Waals surface area contributed by atoms with Gasteiger partial charge in [-0.05, 0) is 29.0 Å². The van der Waals surface area contributed by atoms with Crippen molar-refractivity contribution in [2.24, 2.45) is 0 Å². The van der Waals surface area contributed by atoms with Crippen molar-refractivity contribution in [3.63, 3.8) is 0 Å². The van der Waals surface area contributed by atoms with E-state index < -0.39 is 0 Å². The van der Waals surface area contributed by atoms with Crippen molar-refractivity contribution in [2.45, 2.75) is 19.5 Å². The Kier molecular flexibility index (Phi) is 6.01. The van der Waals surface area contributed by atoms with Crippen LogP contribution in [0.1, 0.15) is 16.0 Å². The Labute approximate surface area is 147 Å². The number of ether oxygens (including phenoxy) is 1. The van der Waals surface area contributed by atoms with Gasteiger partial charge in [0.05, 0.1) is 13.2 Å². The fourth-order valence-electron chi connectivity index (χ4n) is 3.03. The summed E-state index contributed by atoms with van der Waals surface area (Å²) < 4.78 is 5.21. The van der Waals surface area contributed by atoms with Gasteiger partial charge >= 0.3 is 0 Å². The molecule has 0 atom stereocenters. The van der Waals surface area contributed by atoms with Crippen LogP contribution in [0.15, 0.2) is 41.8 Å². The smallest absolute Gasteiger partial charge is 0.237 e. The van der Waals surface area contributed by atoms with Crippen LogP contribution in [0.5, 0.6) is 0 Å². The summed E-state index contributed by atoms with van der Waals surface area (Å²) >= 11 is 1.80. The Bertz CT molecular complexity index is 656. The summed E-state index contributed by atoms with van der Waals surface area (Å²) in [6.45, 7) is 4.19. The summed E-state index contributed by atoms with van der Waals surface area (Å²) in [6, 6.07) is 12.4. The van der Waals surface area contributed by atoms with E-state index in [-0.39, 0.29) is 5.91 Å². The van der Waals surface area contributed by atoms with E-state index in [1.54, 1.807) is 18.4 Å². The highest BCUT2D eigenvalue weighted by atomic mass is 32.1. The number of rotatable bonds is 7. The number of fused-ring (bicyclic) bond motifs is 1. The van der Waals surface area contributed by atoms with Crippen LogP contribution in [-0.4, -0.2) is 49.1 Å². The van der Waals surface area contributed by atoms with E-state index in [2.05, 4.69) is 28.5 Å². The molecule has 2 aromatic rings. The summed E-state index contributed by atoms with van der Waals surface area (Å²) in [5.74, 6) is 0.207. The van der Waals surface area contributed by atoms with E-state index in [4.69, 9.17) is 4.74 Å². The third-order valence-electron chi connectivity index (χ3n) is 4.38. The Morgan fingerprint density at radius 3 is 2.92 bits per heavy atom. The topological polar surface area (TPSA) is 32.8 Å². The summed E-state index contributed by atoms with van der Waals surface area (Å²) in [5, 5.41) is 2.12. The fraction of sp³-hybridized carbons (Fsp3) is 0.421. The Morgan fingerprint density at radius 1 is 1.29 bits per heavy atom. The van der Waals surface area contributed by atoms with Crippen LogP contribution in [0.2, 0.25) is 0 Å². The van der Waals surface area contributed by atoms with Crippen molar-refractivity contribution in [3.05, 3.63) is 57.8 Å². The molecule has 0 radical (unpaired) electrons. The molecule has 1 aliphatic heterocycles. The van der Waals surface area contributed by atoms with Crippen LogP contribution in [0.3, 0.4) is 0 Å². The number of benzene rings is 1. The minimum atomic E-state index is 0.207. The molecular weight excluding hydrogens is 320 g/mol. The number of amides is 1. The molecule has 0 saturated heterocycles. The SMILES string of the molecule is COCCN(CC(=O)N1CCc2sccc2C1)Cc1ccccc1. The van der Waals surface area contributed by atoms with E-state index in [0.29, 0.717) is 13.2 Å². The highest BCUT2D eigenvalue weighted by Gasteiger charge is 2.23. The molecule has 1 aliphatic rings. The lowest BCUT2D eigenvalue weighted by Gasteiger charge is -2.30. The molecule has 0 aliphatic carbocycles. The molecule has 0 spiro atoms. The molecule has 5 heteroatoms. The maximum Gasteiger partial charge on any atom is 0.237 e. The third-order valence-corrected chi connectivity index (χ3v) is 5.40. The maximum absolute atomic E-state index is 12.7. The second-order valence-electron chi connectivity index (χ2n) is 6.12. The summed E-state index contributed by atoms with van der Waals surface area (Å²) in [4.78, 5) is 18.3. The van der Waals surface area contributed by atoms with E-state index in [9.17, 15) is 4.79 Å². The van der Waals surface area contributed by atoms with Gasteiger partial charge in [0.25, 0.3) is 0 Å². The molecule has 0 fully saturated rings. The van der Waals surface area contributed by atoms with Crippen LogP contribution >= 0.6 is 11.3 Å². The molecule has 0 unspecified atom stereocenters. The number of hydrogen-bond acceptors (Lipinski definition) is 4. The van der Waals surface area contributed by atoms with Crippen molar-refractivity contribution >= 4 is 17.2 Å². The van der Waals surface area contributed by atoms with Gasteiger partial charge in [0, 0.05) is 38.2 Å². The average molecular weight is 344 g/mol. The molecule has 1 aromatic heterocycles. The summed E-state index contributed by atoms with van der Waals surface area (Å²) in [5.41, 5.74) is 2.53. The first-order valence-electron chi connectivity index (χ1n) is 8.34. The minimum Gasteiger partial charge on any atom is -0.383 e. The normalized spacial score (nSPS) is 14.0. The predicted octanol–water partition coefficient (Wildman–Crippen LogP) is 2.78. The van der Waals surface area contributed by atoms with Crippen molar-refractivity contribution in [1.29, 1.82) is 0 Å². The first-order valence-corrected chi connectivity index (χ1v) is 9.22. The zero-order chi connectivity index (χ0) is 16.8.